The fourth-order valence-corrected chi connectivity index (χ4v) is 5.15. The molecule has 0 atom stereocenters. The van der Waals surface area contributed by atoms with Gasteiger partial charge in [0.05, 0.1) is 7.11 Å². The van der Waals surface area contributed by atoms with Gasteiger partial charge in [-0.1, -0.05) is 55.7 Å². The van der Waals surface area contributed by atoms with E-state index in [9.17, 15) is 4.79 Å². The van der Waals surface area contributed by atoms with Gasteiger partial charge in [-0.15, -0.1) is 0 Å². The predicted octanol–water partition coefficient (Wildman–Crippen LogP) is 5.82. The summed E-state index contributed by atoms with van der Waals surface area (Å²) in [6, 6.07) is 20.3. The number of amides is 1. The van der Waals surface area contributed by atoms with Crippen LogP contribution in [0.5, 0.6) is 11.5 Å². The summed E-state index contributed by atoms with van der Waals surface area (Å²) in [6.45, 7) is 0.354. The molecule has 34 heavy (non-hydrogen) atoms. The van der Waals surface area contributed by atoms with E-state index in [1.54, 1.807) is 12.0 Å². The lowest BCUT2D eigenvalue weighted by Crippen LogP contribution is -2.41. The molecule has 0 unspecified atom stereocenters. The van der Waals surface area contributed by atoms with E-state index in [2.05, 4.69) is 23.5 Å². The van der Waals surface area contributed by atoms with E-state index in [4.69, 9.17) is 21.7 Å². The van der Waals surface area contributed by atoms with Gasteiger partial charge in [0.2, 0.25) is 0 Å². The van der Waals surface area contributed by atoms with Crippen LogP contribution < -0.4 is 14.8 Å². The zero-order valence-corrected chi connectivity index (χ0v) is 20.1. The van der Waals surface area contributed by atoms with Crippen molar-refractivity contribution in [3.05, 3.63) is 77.5 Å². The summed E-state index contributed by atoms with van der Waals surface area (Å²) in [5.74, 6) is 1.50. The third-order valence-electron chi connectivity index (χ3n) is 6.58. The first-order chi connectivity index (χ1) is 16.6. The number of hydrogen-bond acceptors (Lipinski definition) is 4. The van der Waals surface area contributed by atoms with Gasteiger partial charge in [-0.2, -0.15) is 0 Å². The second kappa shape index (κ2) is 9.85. The molecule has 2 fully saturated rings. The lowest BCUT2D eigenvalue weighted by molar-refractivity contribution is -0.124. The number of thiocarbonyl (C=S) groups is 1. The zero-order valence-electron chi connectivity index (χ0n) is 19.3. The molecular weight excluding hydrogens is 444 g/mol. The SMILES string of the molecule is COc1ccc(/C=C2/NC(=S)N(C3CCCCC3)C2=O)cc1COc1ccc2ccccc2c1. The first-order valence-electron chi connectivity index (χ1n) is 11.8. The van der Waals surface area contributed by atoms with Crippen molar-refractivity contribution in [2.24, 2.45) is 0 Å². The third-order valence-corrected chi connectivity index (χ3v) is 6.88. The van der Waals surface area contributed by atoms with E-state index < -0.39 is 0 Å². The van der Waals surface area contributed by atoms with Crippen molar-refractivity contribution in [1.29, 1.82) is 0 Å². The lowest BCUT2D eigenvalue weighted by Gasteiger charge is -2.29. The smallest absolute Gasteiger partial charge is 0.276 e. The van der Waals surface area contributed by atoms with Crippen molar-refractivity contribution in [2.45, 2.75) is 44.8 Å². The Kier molecular flexibility index (Phi) is 6.50. The minimum atomic E-state index is -0.0401. The van der Waals surface area contributed by atoms with Crippen LogP contribution in [0.1, 0.15) is 43.2 Å². The molecule has 6 heteroatoms. The van der Waals surface area contributed by atoms with Crippen LogP contribution in [0.4, 0.5) is 0 Å². The van der Waals surface area contributed by atoms with Gasteiger partial charge in [0.1, 0.15) is 23.8 Å². The van der Waals surface area contributed by atoms with Gasteiger partial charge in [-0.3, -0.25) is 9.69 Å². The number of carbonyl (C=O) groups is 1. The molecule has 0 aromatic heterocycles. The second-order valence-corrected chi connectivity index (χ2v) is 9.21. The maximum absolute atomic E-state index is 13.1. The first-order valence-corrected chi connectivity index (χ1v) is 12.2. The number of nitrogens with zero attached hydrogens (tertiary/aromatic N) is 1. The highest BCUT2D eigenvalue weighted by Crippen LogP contribution is 2.29. The summed E-state index contributed by atoms with van der Waals surface area (Å²) in [7, 11) is 1.65. The molecule has 5 rings (SSSR count). The summed E-state index contributed by atoms with van der Waals surface area (Å²) < 4.78 is 11.6. The van der Waals surface area contributed by atoms with Crippen LogP contribution in [-0.4, -0.2) is 29.1 Å². The molecular formula is C28H28N2O3S. The molecule has 0 radical (unpaired) electrons. The van der Waals surface area contributed by atoms with Gasteiger partial charge < -0.3 is 14.8 Å². The molecule has 1 aliphatic carbocycles. The maximum atomic E-state index is 13.1. The monoisotopic (exact) mass is 472 g/mol. The Balaban J connectivity index is 1.34. The van der Waals surface area contributed by atoms with Gasteiger partial charge in [0.25, 0.3) is 5.91 Å². The van der Waals surface area contributed by atoms with E-state index in [0.29, 0.717) is 17.4 Å². The summed E-state index contributed by atoms with van der Waals surface area (Å²) in [4.78, 5) is 14.9. The Morgan fingerprint density at radius 2 is 1.82 bits per heavy atom. The Morgan fingerprint density at radius 3 is 2.62 bits per heavy atom. The third kappa shape index (κ3) is 4.64. The number of methoxy groups -OCH3 is 1. The number of hydrogen-bond donors (Lipinski definition) is 1. The highest BCUT2D eigenvalue weighted by molar-refractivity contribution is 7.80. The van der Waals surface area contributed by atoms with Gasteiger partial charge in [0.15, 0.2) is 5.11 Å². The van der Waals surface area contributed by atoms with Crippen molar-refractivity contribution < 1.29 is 14.3 Å². The Bertz CT molecular complexity index is 1260. The van der Waals surface area contributed by atoms with Crippen molar-refractivity contribution in [1.82, 2.24) is 10.2 Å². The van der Waals surface area contributed by atoms with E-state index in [1.165, 1.54) is 11.8 Å². The molecule has 2 aliphatic rings. The first kappa shape index (κ1) is 22.4. The van der Waals surface area contributed by atoms with E-state index in [-0.39, 0.29) is 11.9 Å². The average molecular weight is 473 g/mol. The fourth-order valence-electron chi connectivity index (χ4n) is 4.81. The zero-order chi connectivity index (χ0) is 23.5. The molecule has 1 aliphatic heterocycles. The molecule has 1 N–H and O–H groups in total. The van der Waals surface area contributed by atoms with Crippen molar-refractivity contribution >= 4 is 40.1 Å². The Morgan fingerprint density at radius 1 is 1.03 bits per heavy atom. The maximum Gasteiger partial charge on any atom is 0.276 e. The van der Waals surface area contributed by atoms with Crippen molar-refractivity contribution in [2.75, 3.05) is 7.11 Å². The topological polar surface area (TPSA) is 50.8 Å². The Hall–Kier alpha value is -3.38. The summed E-state index contributed by atoms with van der Waals surface area (Å²) >= 11 is 5.50. The number of carbonyl (C=O) groups excluding carboxylic acids is 1. The van der Waals surface area contributed by atoms with E-state index in [0.717, 1.165) is 53.7 Å². The molecule has 5 nitrogen and oxygen atoms in total. The normalized spacial score (nSPS) is 17.9. The summed E-state index contributed by atoms with van der Waals surface area (Å²) in [5.41, 5.74) is 2.31. The Labute approximate surface area is 205 Å². The number of ether oxygens (including phenoxy) is 2. The van der Waals surface area contributed by atoms with Gasteiger partial charge in [-0.05, 0) is 71.7 Å². The van der Waals surface area contributed by atoms with Crippen LogP contribution in [-0.2, 0) is 11.4 Å². The molecule has 0 bridgehead atoms. The van der Waals surface area contributed by atoms with Crippen LogP contribution in [0.3, 0.4) is 0 Å². The number of rotatable bonds is 6. The molecule has 1 amide bonds. The largest absolute Gasteiger partial charge is 0.496 e. The highest BCUT2D eigenvalue weighted by atomic mass is 32.1. The van der Waals surface area contributed by atoms with Gasteiger partial charge in [0, 0.05) is 11.6 Å². The van der Waals surface area contributed by atoms with Gasteiger partial charge in [-0.25, -0.2) is 0 Å². The van der Waals surface area contributed by atoms with Gasteiger partial charge >= 0.3 is 0 Å². The average Bonchev–Trinajstić information content (AvgIpc) is 3.15. The minimum Gasteiger partial charge on any atom is -0.496 e. The quantitative estimate of drug-likeness (QED) is 0.362. The van der Waals surface area contributed by atoms with Crippen molar-refractivity contribution in [3.8, 4) is 11.5 Å². The van der Waals surface area contributed by atoms with Crippen LogP contribution in [0.2, 0.25) is 0 Å². The highest BCUT2D eigenvalue weighted by Gasteiger charge is 2.36. The molecule has 1 saturated carbocycles. The standard InChI is InChI=1S/C28H28N2O3S/c1-32-26-14-11-19(16-25-27(31)30(28(34)29-25)23-9-3-2-4-10-23)15-22(26)18-33-24-13-12-20-7-5-6-8-21(20)17-24/h5-8,11-17,23H,2-4,9-10,18H2,1H3,(H,29,34)/b25-16+. The number of fused-ring (bicyclic) bond motifs is 1. The van der Waals surface area contributed by atoms with Crippen LogP contribution in [0.15, 0.2) is 66.4 Å². The second-order valence-electron chi connectivity index (χ2n) is 8.82. The number of nitrogens with one attached hydrogen (secondary N) is 1. The van der Waals surface area contributed by atoms with Crippen LogP contribution >= 0.6 is 12.2 Å². The van der Waals surface area contributed by atoms with Crippen molar-refractivity contribution in [3.63, 3.8) is 0 Å². The molecule has 0 spiro atoms. The summed E-state index contributed by atoms with van der Waals surface area (Å²) in [5, 5.41) is 5.95. The molecule has 3 aromatic carbocycles. The van der Waals surface area contributed by atoms with E-state index >= 15 is 0 Å². The minimum absolute atomic E-state index is 0.0401. The molecule has 3 aromatic rings. The molecule has 1 saturated heterocycles. The lowest BCUT2D eigenvalue weighted by atomic mass is 9.94. The number of benzene rings is 3. The molecule has 1 heterocycles. The van der Waals surface area contributed by atoms with E-state index in [1.807, 2.05) is 48.5 Å². The summed E-state index contributed by atoms with van der Waals surface area (Å²) in [6.07, 6.45) is 7.41. The predicted molar refractivity (Wildman–Crippen MR) is 139 cm³/mol. The van der Waals surface area contributed by atoms with Crippen LogP contribution in [0, 0.1) is 0 Å². The fraction of sp³-hybridized carbons (Fsp3) is 0.286. The molecule has 174 valence electrons. The van der Waals surface area contributed by atoms with Crippen LogP contribution in [0.25, 0.3) is 16.8 Å².